The van der Waals surface area contributed by atoms with E-state index in [1.165, 1.54) is 42.4 Å². The highest BCUT2D eigenvalue weighted by molar-refractivity contribution is 5.76. The number of carbonyl (C=O) groups excluding carboxylic acids is 1. The SMILES string of the molecule is C=C(C)C/C(CCCCCC)=C1\COCC1CC(C)=O. The number of ketones is 1. The zero-order valence-corrected chi connectivity index (χ0v) is 13.5. The molecular weight excluding hydrogens is 248 g/mol. The van der Waals surface area contributed by atoms with Gasteiger partial charge in [0.2, 0.25) is 0 Å². The second-order valence-corrected chi connectivity index (χ2v) is 6.19. The number of carbonyl (C=O) groups is 1. The lowest BCUT2D eigenvalue weighted by Crippen LogP contribution is -2.10. The molecule has 2 nitrogen and oxygen atoms in total. The van der Waals surface area contributed by atoms with Crippen LogP contribution in [0.15, 0.2) is 23.3 Å². The van der Waals surface area contributed by atoms with Crippen LogP contribution >= 0.6 is 0 Å². The van der Waals surface area contributed by atoms with Crippen LogP contribution in [0.3, 0.4) is 0 Å². The molecule has 0 spiro atoms. The highest BCUT2D eigenvalue weighted by atomic mass is 16.5. The molecule has 1 saturated heterocycles. The predicted octanol–water partition coefficient (Wildman–Crippen LogP) is 4.85. The van der Waals surface area contributed by atoms with Gasteiger partial charge in [0.25, 0.3) is 0 Å². The minimum Gasteiger partial charge on any atom is -0.376 e. The van der Waals surface area contributed by atoms with Crippen LogP contribution in [0, 0.1) is 5.92 Å². The van der Waals surface area contributed by atoms with Gasteiger partial charge < -0.3 is 9.53 Å². The van der Waals surface area contributed by atoms with Crippen molar-refractivity contribution in [3.05, 3.63) is 23.3 Å². The molecule has 1 heterocycles. The third kappa shape index (κ3) is 6.04. The van der Waals surface area contributed by atoms with Crippen molar-refractivity contribution < 1.29 is 9.53 Å². The van der Waals surface area contributed by atoms with Crippen LogP contribution in [0.4, 0.5) is 0 Å². The molecule has 1 unspecified atom stereocenters. The van der Waals surface area contributed by atoms with Crippen molar-refractivity contribution in [2.45, 2.75) is 65.7 Å². The lowest BCUT2D eigenvalue weighted by Gasteiger charge is -2.16. The first-order chi connectivity index (χ1) is 9.54. The molecule has 1 rings (SSSR count). The molecule has 1 atom stereocenters. The molecule has 0 N–H and O–H groups in total. The number of rotatable bonds is 9. The molecule has 0 amide bonds. The molecule has 0 aromatic rings. The Hall–Kier alpha value is -0.890. The van der Waals surface area contributed by atoms with Crippen molar-refractivity contribution in [3.8, 4) is 0 Å². The van der Waals surface area contributed by atoms with E-state index < -0.39 is 0 Å². The van der Waals surface area contributed by atoms with Gasteiger partial charge >= 0.3 is 0 Å². The first kappa shape index (κ1) is 17.2. The van der Waals surface area contributed by atoms with Crippen molar-refractivity contribution in [1.82, 2.24) is 0 Å². The van der Waals surface area contributed by atoms with Crippen LogP contribution in [0.25, 0.3) is 0 Å². The van der Waals surface area contributed by atoms with Gasteiger partial charge in [0.05, 0.1) is 13.2 Å². The van der Waals surface area contributed by atoms with Crippen molar-refractivity contribution >= 4 is 5.78 Å². The summed E-state index contributed by atoms with van der Waals surface area (Å²) in [7, 11) is 0. The van der Waals surface area contributed by atoms with E-state index in [9.17, 15) is 4.79 Å². The largest absolute Gasteiger partial charge is 0.376 e. The van der Waals surface area contributed by atoms with Crippen LogP contribution in [0.1, 0.15) is 65.7 Å². The smallest absolute Gasteiger partial charge is 0.130 e. The summed E-state index contributed by atoms with van der Waals surface area (Å²) in [6.45, 7) is 11.5. The Morgan fingerprint density at radius 1 is 1.30 bits per heavy atom. The lowest BCUT2D eigenvalue weighted by molar-refractivity contribution is -0.117. The molecule has 1 aliphatic heterocycles. The van der Waals surface area contributed by atoms with Gasteiger partial charge in [-0.3, -0.25) is 0 Å². The van der Waals surface area contributed by atoms with Crippen LogP contribution in [0.2, 0.25) is 0 Å². The molecule has 0 bridgehead atoms. The number of hydrogen-bond donors (Lipinski definition) is 0. The maximum atomic E-state index is 11.4. The quantitative estimate of drug-likeness (QED) is 0.445. The van der Waals surface area contributed by atoms with Gasteiger partial charge in [-0.25, -0.2) is 0 Å². The average Bonchev–Trinajstić information content (AvgIpc) is 2.80. The molecule has 114 valence electrons. The Kier molecular flexibility index (Phi) is 7.83. The summed E-state index contributed by atoms with van der Waals surface area (Å²) in [6, 6.07) is 0. The molecule has 0 saturated carbocycles. The fraction of sp³-hybridized carbons (Fsp3) is 0.722. The van der Waals surface area contributed by atoms with Crippen molar-refractivity contribution in [3.63, 3.8) is 0 Å². The van der Waals surface area contributed by atoms with Crippen molar-refractivity contribution in [2.75, 3.05) is 13.2 Å². The van der Waals surface area contributed by atoms with Gasteiger partial charge in [0.1, 0.15) is 5.78 Å². The second-order valence-electron chi connectivity index (χ2n) is 6.19. The summed E-state index contributed by atoms with van der Waals surface area (Å²) in [5.74, 6) is 0.576. The van der Waals surface area contributed by atoms with E-state index in [-0.39, 0.29) is 5.78 Å². The van der Waals surface area contributed by atoms with Gasteiger partial charge in [0.15, 0.2) is 0 Å². The van der Waals surface area contributed by atoms with Crippen LogP contribution in [-0.4, -0.2) is 19.0 Å². The summed E-state index contributed by atoms with van der Waals surface area (Å²) in [6.07, 6.45) is 7.85. The van der Waals surface area contributed by atoms with E-state index in [0.717, 1.165) is 12.8 Å². The van der Waals surface area contributed by atoms with Gasteiger partial charge in [-0.15, -0.1) is 0 Å². The summed E-state index contributed by atoms with van der Waals surface area (Å²) < 4.78 is 5.62. The van der Waals surface area contributed by atoms with Gasteiger partial charge in [0, 0.05) is 12.3 Å². The second kappa shape index (κ2) is 9.12. The lowest BCUT2D eigenvalue weighted by atomic mass is 9.88. The first-order valence-electron chi connectivity index (χ1n) is 7.97. The van der Waals surface area contributed by atoms with Gasteiger partial charge in [-0.2, -0.15) is 0 Å². The Morgan fingerprint density at radius 2 is 2.05 bits per heavy atom. The monoisotopic (exact) mass is 278 g/mol. The summed E-state index contributed by atoms with van der Waals surface area (Å²) in [5.41, 5.74) is 4.08. The van der Waals surface area contributed by atoms with Crippen molar-refractivity contribution in [2.24, 2.45) is 5.92 Å². The van der Waals surface area contributed by atoms with Gasteiger partial charge in [-0.05, 0) is 38.7 Å². The maximum absolute atomic E-state index is 11.4. The molecule has 2 heteroatoms. The topological polar surface area (TPSA) is 26.3 Å². The molecule has 0 aromatic heterocycles. The highest BCUT2D eigenvalue weighted by Crippen LogP contribution is 2.31. The van der Waals surface area contributed by atoms with E-state index in [1.807, 2.05) is 0 Å². The van der Waals surface area contributed by atoms with Crippen molar-refractivity contribution in [1.29, 1.82) is 0 Å². The molecule has 0 radical (unpaired) electrons. The molecule has 20 heavy (non-hydrogen) atoms. The normalized spacial score (nSPS) is 21.1. The van der Waals surface area contributed by atoms with E-state index in [2.05, 4.69) is 20.4 Å². The number of allylic oxidation sites excluding steroid dienone is 2. The zero-order valence-electron chi connectivity index (χ0n) is 13.5. The summed E-state index contributed by atoms with van der Waals surface area (Å²) in [4.78, 5) is 11.4. The number of unbranched alkanes of at least 4 members (excludes halogenated alkanes) is 3. The fourth-order valence-corrected chi connectivity index (χ4v) is 2.94. The third-order valence-corrected chi connectivity index (χ3v) is 3.90. The molecule has 0 aromatic carbocycles. The average molecular weight is 278 g/mol. The number of Topliss-reactive ketones (excluding diaryl/α,β-unsaturated/α-hetero) is 1. The molecule has 1 fully saturated rings. The minimum absolute atomic E-state index is 0.263. The summed E-state index contributed by atoms with van der Waals surface area (Å²) in [5, 5.41) is 0. The number of ether oxygens (including phenoxy) is 1. The highest BCUT2D eigenvalue weighted by Gasteiger charge is 2.25. The Labute approximate surface area is 124 Å². The fourth-order valence-electron chi connectivity index (χ4n) is 2.94. The van der Waals surface area contributed by atoms with Crippen LogP contribution < -0.4 is 0 Å². The Morgan fingerprint density at radius 3 is 2.65 bits per heavy atom. The Balaban J connectivity index is 2.73. The zero-order chi connectivity index (χ0) is 15.0. The third-order valence-electron chi connectivity index (χ3n) is 3.90. The van der Waals surface area contributed by atoms with E-state index in [1.54, 1.807) is 6.92 Å². The number of hydrogen-bond acceptors (Lipinski definition) is 2. The first-order valence-corrected chi connectivity index (χ1v) is 7.97. The predicted molar refractivity (Wildman–Crippen MR) is 84.8 cm³/mol. The van der Waals surface area contributed by atoms with Gasteiger partial charge in [-0.1, -0.05) is 43.9 Å². The molecule has 1 aliphatic rings. The van der Waals surface area contributed by atoms with Crippen LogP contribution in [-0.2, 0) is 9.53 Å². The van der Waals surface area contributed by atoms with Crippen LogP contribution in [0.5, 0.6) is 0 Å². The molecular formula is C18H30O2. The standard InChI is InChI=1S/C18H30O2/c1-5-6-7-8-9-16(10-14(2)3)18-13-20-12-17(18)11-15(4)19/h17H,2,5-13H2,1,3-4H3/b18-16+. The minimum atomic E-state index is 0.263. The van der Waals surface area contributed by atoms with E-state index in [4.69, 9.17) is 4.74 Å². The van der Waals surface area contributed by atoms with E-state index in [0.29, 0.717) is 25.6 Å². The maximum Gasteiger partial charge on any atom is 0.130 e. The van der Waals surface area contributed by atoms with E-state index >= 15 is 0 Å². The Bertz CT molecular complexity index is 366. The molecule has 0 aliphatic carbocycles. The summed E-state index contributed by atoms with van der Waals surface area (Å²) >= 11 is 0.